The number of halogens is 3. The van der Waals surface area contributed by atoms with Crippen LogP contribution in [0.4, 0.5) is 0 Å². The molecule has 1 aliphatic heterocycles. The van der Waals surface area contributed by atoms with Gasteiger partial charge in [-0.25, -0.2) is 0 Å². The number of nitrogens with two attached hydrogens (primary N) is 1. The van der Waals surface area contributed by atoms with E-state index in [0.717, 1.165) is 13.1 Å². The monoisotopic (exact) mass is 251 g/mol. The minimum atomic E-state index is 0. The Bertz CT molecular complexity index is 89.1. The molecule has 0 aromatic rings. The van der Waals surface area contributed by atoms with Crippen molar-refractivity contribution in [3.8, 4) is 0 Å². The number of hydrogen-bond acceptors (Lipinski definition) is 3. The average Bonchev–Trinajstić information content (AvgIpc) is 2.03. The van der Waals surface area contributed by atoms with Gasteiger partial charge in [0, 0.05) is 13.1 Å². The van der Waals surface area contributed by atoms with Crippen LogP contribution in [0.5, 0.6) is 0 Å². The van der Waals surface area contributed by atoms with E-state index in [1.54, 1.807) is 0 Å². The summed E-state index contributed by atoms with van der Waals surface area (Å²) in [7, 11) is 0. The molecule has 0 amide bonds. The van der Waals surface area contributed by atoms with Crippen LogP contribution < -0.4 is 11.3 Å². The lowest BCUT2D eigenvalue weighted by Gasteiger charge is -2.25. The van der Waals surface area contributed by atoms with Crippen LogP contribution in [0, 0.1) is 0 Å². The first kappa shape index (κ1) is 19.3. The van der Waals surface area contributed by atoms with Gasteiger partial charge in [-0.1, -0.05) is 6.42 Å². The Morgan fingerprint density at radius 1 is 1.00 bits per heavy atom. The van der Waals surface area contributed by atoms with Crippen molar-refractivity contribution in [2.45, 2.75) is 19.3 Å². The quantitative estimate of drug-likeness (QED) is 0.586. The fourth-order valence-corrected chi connectivity index (χ4v) is 1.41. The van der Waals surface area contributed by atoms with Crippen LogP contribution >= 0.6 is 37.2 Å². The maximum atomic E-state index is 5.17. The van der Waals surface area contributed by atoms with Crippen molar-refractivity contribution < 1.29 is 0 Å². The first-order valence-electron chi connectivity index (χ1n) is 4.09. The maximum Gasteiger partial charge on any atom is 0.0225 e. The van der Waals surface area contributed by atoms with Crippen molar-refractivity contribution in [1.29, 1.82) is 0 Å². The van der Waals surface area contributed by atoms with Gasteiger partial charge in [0.1, 0.15) is 0 Å². The van der Waals surface area contributed by atoms with E-state index < -0.39 is 0 Å². The zero-order valence-corrected chi connectivity index (χ0v) is 10.1. The SMILES string of the molecule is Cl.Cl.Cl.NNCCN1CCCCC1. The summed E-state index contributed by atoms with van der Waals surface area (Å²) < 4.78 is 0. The summed E-state index contributed by atoms with van der Waals surface area (Å²) in [5.41, 5.74) is 2.67. The van der Waals surface area contributed by atoms with Crippen molar-refractivity contribution in [2.24, 2.45) is 5.84 Å². The molecule has 0 atom stereocenters. The number of rotatable bonds is 3. The molecule has 0 spiro atoms. The van der Waals surface area contributed by atoms with E-state index >= 15 is 0 Å². The van der Waals surface area contributed by atoms with Crippen LogP contribution in [0.2, 0.25) is 0 Å². The van der Waals surface area contributed by atoms with Crippen molar-refractivity contribution in [2.75, 3.05) is 26.2 Å². The number of nitrogens with one attached hydrogen (secondary N) is 1. The second-order valence-corrected chi connectivity index (χ2v) is 2.86. The highest BCUT2D eigenvalue weighted by atomic mass is 35.5. The predicted octanol–water partition coefficient (Wildman–Crippen LogP) is 1.20. The molecule has 0 aromatic heterocycles. The number of nitrogens with zero attached hydrogens (tertiary/aromatic N) is 1. The summed E-state index contributed by atoms with van der Waals surface area (Å²) in [6, 6.07) is 0. The Morgan fingerprint density at radius 3 is 2.00 bits per heavy atom. The molecule has 0 aromatic carbocycles. The van der Waals surface area contributed by atoms with Gasteiger partial charge < -0.3 is 4.90 Å². The highest BCUT2D eigenvalue weighted by molar-refractivity contribution is 5.86. The van der Waals surface area contributed by atoms with Crippen LogP contribution in [0.15, 0.2) is 0 Å². The molecule has 0 aliphatic carbocycles. The van der Waals surface area contributed by atoms with E-state index in [-0.39, 0.29) is 37.2 Å². The van der Waals surface area contributed by atoms with E-state index in [1.807, 2.05) is 0 Å². The first-order valence-corrected chi connectivity index (χ1v) is 4.09. The van der Waals surface area contributed by atoms with E-state index in [0.29, 0.717) is 0 Å². The third kappa shape index (κ3) is 9.06. The van der Waals surface area contributed by atoms with Crippen molar-refractivity contribution in [3.63, 3.8) is 0 Å². The van der Waals surface area contributed by atoms with Crippen LogP contribution in [0.3, 0.4) is 0 Å². The zero-order valence-electron chi connectivity index (χ0n) is 7.70. The lowest BCUT2D eigenvalue weighted by molar-refractivity contribution is 0.229. The predicted molar refractivity (Wildman–Crippen MR) is 64.2 cm³/mol. The number of hydrazine groups is 1. The third-order valence-corrected chi connectivity index (χ3v) is 2.02. The third-order valence-electron chi connectivity index (χ3n) is 2.02. The van der Waals surface area contributed by atoms with Gasteiger partial charge in [-0.15, -0.1) is 37.2 Å². The molecule has 3 N–H and O–H groups in total. The second-order valence-electron chi connectivity index (χ2n) is 2.86. The van der Waals surface area contributed by atoms with Crippen molar-refractivity contribution in [3.05, 3.63) is 0 Å². The van der Waals surface area contributed by atoms with Crippen LogP contribution in [-0.2, 0) is 0 Å². The second kappa shape index (κ2) is 12.8. The molecule has 1 saturated heterocycles. The molecule has 1 fully saturated rings. The molecule has 1 rings (SSSR count). The van der Waals surface area contributed by atoms with Gasteiger partial charge in [0.15, 0.2) is 0 Å². The summed E-state index contributed by atoms with van der Waals surface area (Å²) in [6.07, 6.45) is 4.14. The van der Waals surface area contributed by atoms with Gasteiger partial charge in [0.25, 0.3) is 0 Å². The Balaban J connectivity index is -0.000000333. The lowest BCUT2D eigenvalue weighted by atomic mass is 10.1. The molecular weight excluding hydrogens is 232 g/mol. The van der Waals surface area contributed by atoms with Gasteiger partial charge in [0.05, 0.1) is 0 Å². The molecule has 13 heavy (non-hydrogen) atoms. The van der Waals surface area contributed by atoms with E-state index in [4.69, 9.17) is 5.84 Å². The van der Waals surface area contributed by atoms with Gasteiger partial charge in [-0.2, -0.15) is 0 Å². The highest BCUT2D eigenvalue weighted by Gasteiger charge is 2.07. The number of piperidine rings is 1. The summed E-state index contributed by atoms with van der Waals surface area (Å²) in [4.78, 5) is 2.46. The van der Waals surface area contributed by atoms with Crippen molar-refractivity contribution in [1.82, 2.24) is 10.3 Å². The molecule has 6 heteroatoms. The molecule has 0 unspecified atom stereocenters. The Hall–Kier alpha value is 0.750. The topological polar surface area (TPSA) is 41.3 Å². The van der Waals surface area contributed by atoms with Gasteiger partial charge in [-0.3, -0.25) is 11.3 Å². The van der Waals surface area contributed by atoms with E-state index in [1.165, 1.54) is 32.4 Å². The fourth-order valence-electron chi connectivity index (χ4n) is 1.41. The maximum absolute atomic E-state index is 5.17. The van der Waals surface area contributed by atoms with Gasteiger partial charge >= 0.3 is 0 Å². The summed E-state index contributed by atoms with van der Waals surface area (Å²) in [5, 5.41) is 0. The molecule has 1 heterocycles. The van der Waals surface area contributed by atoms with Gasteiger partial charge in [-0.05, 0) is 25.9 Å². The van der Waals surface area contributed by atoms with E-state index in [9.17, 15) is 0 Å². The largest absolute Gasteiger partial charge is 0.302 e. The molecular formula is C7H20Cl3N3. The Labute approximate surface area is 99.0 Å². The number of hydrogen-bond donors (Lipinski definition) is 2. The normalized spacial score (nSPS) is 16.4. The van der Waals surface area contributed by atoms with Crippen LogP contribution in [0.1, 0.15) is 19.3 Å². The standard InChI is InChI=1S/C7H17N3.3ClH/c8-9-4-7-10-5-2-1-3-6-10;;;/h9H,1-8H2;3*1H. The molecule has 0 radical (unpaired) electrons. The van der Waals surface area contributed by atoms with Gasteiger partial charge in [0.2, 0.25) is 0 Å². The smallest absolute Gasteiger partial charge is 0.0225 e. The number of likely N-dealkylation sites (tertiary alicyclic amines) is 1. The van der Waals surface area contributed by atoms with Crippen LogP contribution in [0.25, 0.3) is 0 Å². The fraction of sp³-hybridized carbons (Fsp3) is 1.00. The minimum Gasteiger partial charge on any atom is -0.302 e. The Morgan fingerprint density at radius 2 is 1.54 bits per heavy atom. The highest BCUT2D eigenvalue weighted by Crippen LogP contribution is 2.06. The molecule has 84 valence electrons. The average molecular weight is 253 g/mol. The summed E-state index contributed by atoms with van der Waals surface area (Å²) in [5.74, 6) is 5.17. The zero-order chi connectivity index (χ0) is 7.23. The van der Waals surface area contributed by atoms with E-state index in [2.05, 4.69) is 10.3 Å². The molecule has 3 nitrogen and oxygen atoms in total. The summed E-state index contributed by atoms with van der Waals surface area (Å²) in [6.45, 7) is 4.56. The Kier molecular flexibility index (Phi) is 19.0. The van der Waals surface area contributed by atoms with Crippen molar-refractivity contribution >= 4 is 37.2 Å². The molecule has 1 aliphatic rings. The summed E-state index contributed by atoms with van der Waals surface area (Å²) >= 11 is 0. The molecule has 0 bridgehead atoms. The molecule has 0 saturated carbocycles. The first-order chi connectivity index (χ1) is 4.93. The van der Waals surface area contributed by atoms with Crippen LogP contribution in [-0.4, -0.2) is 31.1 Å². The minimum absolute atomic E-state index is 0. The lowest BCUT2D eigenvalue weighted by Crippen LogP contribution is -2.37.